The maximum atomic E-state index is 14.5. The molecule has 0 unspecified atom stereocenters. The van der Waals surface area contributed by atoms with Gasteiger partial charge in [-0.15, -0.1) is 0 Å². The highest BCUT2D eigenvalue weighted by Gasteiger charge is 2.15. The van der Waals surface area contributed by atoms with E-state index in [0.29, 0.717) is 24.1 Å². The van der Waals surface area contributed by atoms with Crippen LogP contribution >= 0.6 is 0 Å². The number of amides is 1. The van der Waals surface area contributed by atoms with Crippen molar-refractivity contribution in [1.29, 1.82) is 0 Å². The first-order valence-electron chi connectivity index (χ1n) is 7.19. The molecule has 114 valence electrons. The fourth-order valence-corrected chi connectivity index (χ4v) is 2.27. The summed E-state index contributed by atoms with van der Waals surface area (Å²) in [6.45, 7) is 3.44. The molecule has 0 aliphatic heterocycles. The molecule has 0 atom stereocenters. The van der Waals surface area contributed by atoms with Gasteiger partial charge in [-0.3, -0.25) is 9.59 Å². The Balaban J connectivity index is 2.43. The van der Waals surface area contributed by atoms with Gasteiger partial charge >= 0.3 is 0 Å². The highest BCUT2D eigenvalue weighted by molar-refractivity contribution is 5.95. The van der Waals surface area contributed by atoms with Gasteiger partial charge in [0.05, 0.1) is 5.56 Å². The van der Waals surface area contributed by atoms with E-state index < -0.39 is 5.82 Å². The Bertz CT molecular complexity index is 710. The van der Waals surface area contributed by atoms with Crippen molar-refractivity contribution in [3.8, 4) is 11.1 Å². The zero-order valence-electron chi connectivity index (χ0n) is 12.7. The average Bonchev–Trinajstić information content (AvgIpc) is 2.53. The third kappa shape index (κ3) is 3.39. The fraction of sp³-hybridized carbons (Fsp3) is 0.222. The lowest BCUT2D eigenvalue weighted by atomic mass is 9.96. The predicted molar refractivity (Wildman–Crippen MR) is 84.0 cm³/mol. The molecule has 0 saturated heterocycles. The molecular formula is C18H18FNO2. The Hall–Kier alpha value is -2.49. The van der Waals surface area contributed by atoms with E-state index in [0.717, 1.165) is 5.56 Å². The molecule has 0 fully saturated rings. The maximum absolute atomic E-state index is 14.5. The SMILES string of the molecule is CCC(=O)NCc1ccccc1-c1cccc(C(C)=O)c1F. The van der Waals surface area contributed by atoms with Crippen LogP contribution in [0.25, 0.3) is 11.1 Å². The summed E-state index contributed by atoms with van der Waals surface area (Å²) in [4.78, 5) is 22.9. The Morgan fingerprint density at radius 1 is 1.05 bits per heavy atom. The van der Waals surface area contributed by atoms with Crippen LogP contribution < -0.4 is 5.32 Å². The predicted octanol–water partition coefficient (Wildman–Crippen LogP) is 3.72. The molecule has 2 rings (SSSR count). The first kappa shape index (κ1) is 15.9. The van der Waals surface area contributed by atoms with Crippen LogP contribution in [0.1, 0.15) is 36.2 Å². The van der Waals surface area contributed by atoms with Crippen molar-refractivity contribution in [1.82, 2.24) is 5.32 Å². The number of Topliss-reactive ketones (excluding diaryl/α,β-unsaturated/α-hetero) is 1. The largest absolute Gasteiger partial charge is 0.352 e. The summed E-state index contributed by atoms with van der Waals surface area (Å²) in [5, 5.41) is 2.79. The van der Waals surface area contributed by atoms with Crippen LogP contribution in [0.4, 0.5) is 4.39 Å². The second-order valence-electron chi connectivity index (χ2n) is 5.01. The summed E-state index contributed by atoms with van der Waals surface area (Å²) in [6.07, 6.45) is 0.399. The van der Waals surface area contributed by atoms with Crippen LogP contribution in [0.5, 0.6) is 0 Å². The van der Waals surface area contributed by atoms with Crippen LogP contribution in [0, 0.1) is 5.82 Å². The zero-order valence-corrected chi connectivity index (χ0v) is 12.7. The van der Waals surface area contributed by atoms with Crippen LogP contribution in [0.2, 0.25) is 0 Å². The number of benzene rings is 2. The molecule has 22 heavy (non-hydrogen) atoms. The smallest absolute Gasteiger partial charge is 0.219 e. The topological polar surface area (TPSA) is 46.2 Å². The second kappa shape index (κ2) is 6.98. The van der Waals surface area contributed by atoms with E-state index in [2.05, 4.69) is 5.32 Å². The van der Waals surface area contributed by atoms with Gasteiger partial charge in [0.1, 0.15) is 5.82 Å². The number of carbonyl (C=O) groups is 2. The Kier molecular flexibility index (Phi) is 5.04. The van der Waals surface area contributed by atoms with E-state index in [4.69, 9.17) is 0 Å². The fourth-order valence-electron chi connectivity index (χ4n) is 2.27. The van der Waals surface area contributed by atoms with Crippen molar-refractivity contribution in [2.75, 3.05) is 0 Å². The summed E-state index contributed by atoms with van der Waals surface area (Å²) < 4.78 is 14.5. The number of rotatable bonds is 5. The van der Waals surface area contributed by atoms with Gasteiger partial charge in [0.25, 0.3) is 0 Å². The summed E-state index contributed by atoms with van der Waals surface area (Å²) in [5.74, 6) is -0.895. The van der Waals surface area contributed by atoms with Crippen LogP contribution in [0.3, 0.4) is 0 Å². The van der Waals surface area contributed by atoms with Gasteiger partial charge in [-0.2, -0.15) is 0 Å². The number of nitrogens with one attached hydrogen (secondary N) is 1. The summed E-state index contributed by atoms with van der Waals surface area (Å²) in [5.41, 5.74) is 1.93. The molecule has 0 saturated carbocycles. The van der Waals surface area contributed by atoms with Crippen molar-refractivity contribution in [3.05, 3.63) is 59.4 Å². The van der Waals surface area contributed by atoms with Gasteiger partial charge < -0.3 is 5.32 Å². The highest BCUT2D eigenvalue weighted by Crippen LogP contribution is 2.28. The van der Waals surface area contributed by atoms with Gasteiger partial charge in [0.15, 0.2) is 5.78 Å². The number of ketones is 1. The lowest BCUT2D eigenvalue weighted by Gasteiger charge is -2.12. The quantitative estimate of drug-likeness (QED) is 0.855. The molecule has 0 spiro atoms. The third-order valence-electron chi connectivity index (χ3n) is 3.48. The Morgan fingerprint density at radius 2 is 1.73 bits per heavy atom. The number of halogens is 1. The van der Waals surface area contributed by atoms with E-state index in [-0.39, 0.29) is 17.3 Å². The van der Waals surface area contributed by atoms with Gasteiger partial charge in [0.2, 0.25) is 5.91 Å². The van der Waals surface area contributed by atoms with Crippen LogP contribution in [0.15, 0.2) is 42.5 Å². The molecule has 0 aliphatic rings. The van der Waals surface area contributed by atoms with Crippen LogP contribution in [-0.4, -0.2) is 11.7 Å². The monoisotopic (exact) mass is 299 g/mol. The highest BCUT2D eigenvalue weighted by atomic mass is 19.1. The van der Waals surface area contributed by atoms with E-state index in [1.807, 2.05) is 12.1 Å². The first-order chi connectivity index (χ1) is 10.5. The van der Waals surface area contributed by atoms with Crippen molar-refractivity contribution in [2.24, 2.45) is 0 Å². The number of carbonyl (C=O) groups excluding carboxylic acids is 2. The summed E-state index contributed by atoms with van der Waals surface area (Å²) >= 11 is 0. The average molecular weight is 299 g/mol. The summed E-state index contributed by atoms with van der Waals surface area (Å²) in [7, 11) is 0. The molecule has 1 amide bonds. The van der Waals surface area contributed by atoms with Crippen molar-refractivity contribution in [2.45, 2.75) is 26.8 Å². The number of hydrogen-bond acceptors (Lipinski definition) is 2. The van der Waals surface area contributed by atoms with Crippen molar-refractivity contribution in [3.63, 3.8) is 0 Å². The molecule has 3 nitrogen and oxygen atoms in total. The zero-order chi connectivity index (χ0) is 16.1. The molecule has 0 heterocycles. The van der Waals surface area contributed by atoms with Gasteiger partial charge in [-0.25, -0.2) is 4.39 Å². The normalized spacial score (nSPS) is 10.3. The Labute approximate surface area is 129 Å². The molecule has 2 aromatic rings. The molecule has 0 bridgehead atoms. The molecule has 1 N–H and O–H groups in total. The molecule has 4 heteroatoms. The first-order valence-corrected chi connectivity index (χ1v) is 7.19. The molecule has 0 aromatic heterocycles. The van der Waals surface area contributed by atoms with Gasteiger partial charge in [-0.05, 0) is 24.1 Å². The van der Waals surface area contributed by atoms with Crippen LogP contribution in [-0.2, 0) is 11.3 Å². The third-order valence-corrected chi connectivity index (χ3v) is 3.48. The van der Waals surface area contributed by atoms with Crippen molar-refractivity contribution < 1.29 is 14.0 Å². The second-order valence-corrected chi connectivity index (χ2v) is 5.01. The lowest BCUT2D eigenvalue weighted by Crippen LogP contribution is -2.21. The molecule has 0 radical (unpaired) electrons. The molecular weight excluding hydrogens is 281 g/mol. The Morgan fingerprint density at radius 3 is 2.41 bits per heavy atom. The number of hydrogen-bond donors (Lipinski definition) is 1. The minimum atomic E-state index is -0.524. The van der Waals surface area contributed by atoms with E-state index in [1.54, 1.807) is 31.2 Å². The van der Waals surface area contributed by atoms with E-state index in [9.17, 15) is 14.0 Å². The minimum Gasteiger partial charge on any atom is -0.352 e. The molecule has 2 aromatic carbocycles. The lowest BCUT2D eigenvalue weighted by molar-refractivity contribution is -0.120. The minimum absolute atomic E-state index is 0.0623. The van der Waals surface area contributed by atoms with E-state index in [1.165, 1.54) is 13.0 Å². The molecule has 0 aliphatic carbocycles. The maximum Gasteiger partial charge on any atom is 0.219 e. The standard InChI is InChI=1S/C18H18FNO2/c1-3-17(22)20-11-13-7-4-5-8-15(13)16-10-6-9-14(12(2)21)18(16)19/h4-10H,3,11H2,1-2H3,(H,20,22). The van der Waals surface area contributed by atoms with Crippen molar-refractivity contribution >= 4 is 11.7 Å². The summed E-state index contributed by atoms with van der Waals surface area (Å²) in [6, 6.07) is 12.0. The van der Waals surface area contributed by atoms with Gasteiger partial charge in [0, 0.05) is 18.5 Å². The van der Waals surface area contributed by atoms with E-state index >= 15 is 0 Å². The van der Waals surface area contributed by atoms with Gasteiger partial charge in [-0.1, -0.05) is 43.3 Å².